The molecule has 8 nitrogen and oxygen atoms in total. The van der Waals surface area contributed by atoms with Crippen molar-refractivity contribution in [3.8, 4) is 0 Å². The number of non-ortho nitro benzene ring substituents is 1. The van der Waals surface area contributed by atoms with Crippen LogP contribution in [0.15, 0.2) is 29.4 Å². The van der Waals surface area contributed by atoms with Gasteiger partial charge in [-0.2, -0.15) is 5.10 Å². The molecular formula is C13H15N3O5S. The quantitative estimate of drug-likeness (QED) is 0.500. The smallest absolute Gasteiger partial charge is 0.269 e. The lowest BCUT2D eigenvalue weighted by Gasteiger charge is -2.06. The predicted molar refractivity (Wildman–Crippen MR) is 80.2 cm³/mol. The lowest BCUT2D eigenvalue weighted by atomic mass is 10.1. The second-order valence-electron chi connectivity index (χ2n) is 5.08. The van der Waals surface area contributed by atoms with E-state index in [-0.39, 0.29) is 17.2 Å². The summed E-state index contributed by atoms with van der Waals surface area (Å²) in [7, 11) is -3.12. The van der Waals surface area contributed by atoms with E-state index in [2.05, 4.69) is 10.5 Å². The van der Waals surface area contributed by atoms with E-state index in [0.717, 1.165) is 0 Å². The van der Waals surface area contributed by atoms with Crippen LogP contribution in [0.3, 0.4) is 0 Å². The SMILES string of the molecule is C/C(=N/NC(=O)[C@H]1CCS(=O)(=O)C1)c1ccc([N+](=O)[O-])cc1. The Morgan fingerprint density at radius 2 is 2.00 bits per heavy atom. The Kier molecular flexibility index (Phi) is 4.55. The van der Waals surface area contributed by atoms with Crippen LogP contribution < -0.4 is 5.43 Å². The third-order valence-electron chi connectivity index (χ3n) is 3.43. The highest BCUT2D eigenvalue weighted by molar-refractivity contribution is 7.91. The van der Waals surface area contributed by atoms with Gasteiger partial charge in [0, 0.05) is 12.1 Å². The van der Waals surface area contributed by atoms with Crippen LogP contribution in [-0.2, 0) is 14.6 Å². The highest BCUT2D eigenvalue weighted by atomic mass is 32.2. The number of nitrogens with zero attached hydrogens (tertiary/aromatic N) is 2. The van der Waals surface area contributed by atoms with Crippen molar-refractivity contribution in [2.24, 2.45) is 11.0 Å². The predicted octanol–water partition coefficient (Wildman–Crippen LogP) is 0.870. The molecule has 0 aromatic heterocycles. The molecule has 0 radical (unpaired) electrons. The van der Waals surface area contributed by atoms with Gasteiger partial charge < -0.3 is 0 Å². The molecule has 0 saturated carbocycles. The molecule has 1 aromatic rings. The van der Waals surface area contributed by atoms with E-state index in [1.807, 2.05) is 0 Å². The molecular weight excluding hydrogens is 310 g/mol. The third-order valence-corrected chi connectivity index (χ3v) is 5.20. The van der Waals surface area contributed by atoms with Gasteiger partial charge in [-0.3, -0.25) is 14.9 Å². The highest BCUT2D eigenvalue weighted by Gasteiger charge is 2.32. The number of nitro benzene ring substituents is 1. The summed E-state index contributed by atoms with van der Waals surface area (Å²) in [5, 5.41) is 14.5. The van der Waals surface area contributed by atoms with Crippen molar-refractivity contribution in [3.63, 3.8) is 0 Å². The average Bonchev–Trinajstić information content (AvgIpc) is 2.84. The number of amides is 1. The normalized spacial score (nSPS) is 20.6. The van der Waals surface area contributed by atoms with Gasteiger partial charge in [-0.05, 0) is 31.0 Å². The first kappa shape index (κ1) is 16.1. The van der Waals surface area contributed by atoms with Gasteiger partial charge in [-0.15, -0.1) is 0 Å². The van der Waals surface area contributed by atoms with E-state index in [4.69, 9.17) is 0 Å². The number of carbonyl (C=O) groups excluding carboxylic acids is 1. The Hall–Kier alpha value is -2.29. The lowest BCUT2D eigenvalue weighted by Crippen LogP contribution is -2.28. The monoisotopic (exact) mass is 325 g/mol. The second kappa shape index (κ2) is 6.22. The van der Waals surface area contributed by atoms with Gasteiger partial charge in [0.25, 0.3) is 5.69 Å². The Labute approximate surface area is 127 Å². The molecule has 22 heavy (non-hydrogen) atoms. The molecule has 1 amide bonds. The summed E-state index contributed by atoms with van der Waals surface area (Å²) < 4.78 is 22.6. The largest absolute Gasteiger partial charge is 0.273 e. The number of benzene rings is 1. The van der Waals surface area contributed by atoms with E-state index in [0.29, 0.717) is 17.7 Å². The Morgan fingerprint density at radius 1 is 1.36 bits per heavy atom. The third kappa shape index (κ3) is 3.88. The highest BCUT2D eigenvalue weighted by Crippen LogP contribution is 2.18. The number of hydrogen-bond acceptors (Lipinski definition) is 6. The summed E-state index contributed by atoms with van der Waals surface area (Å²) >= 11 is 0. The molecule has 118 valence electrons. The van der Waals surface area contributed by atoms with Crippen molar-refractivity contribution in [3.05, 3.63) is 39.9 Å². The molecule has 2 rings (SSSR count). The maximum absolute atomic E-state index is 11.8. The van der Waals surface area contributed by atoms with Gasteiger partial charge in [0.2, 0.25) is 5.91 Å². The maximum Gasteiger partial charge on any atom is 0.269 e. The number of nitro groups is 1. The molecule has 0 spiro atoms. The van der Waals surface area contributed by atoms with Crippen LogP contribution in [0.1, 0.15) is 18.9 Å². The summed E-state index contributed by atoms with van der Waals surface area (Å²) in [6.07, 6.45) is 0.306. The standard InChI is InChI=1S/C13H15N3O5S/c1-9(10-2-4-12(5-3-10)16(18)19)14-15-13(17)11-6-7-22(20,21)8-11/h2-5,11H,6-8H2,1H3,(H,15,17)/b14-9-/t11-/m0/s1. The summed E-state index contributed by atoms with van der Waals surface area (Å²) in [5.74, 6) is -1.12. The van der Waals surface area contributed by atoms with Crippen molar-refractivity contribution in [1.29, 1.82) is 0 Å². The molecule has 0 aliphatic carbocycles. The van der Waals surface area contributed by atoms with E-state index < -0.39 is 26.6 Å². The van der Waals surface area contributed by atoms with Crippen molar-refractivity contribution >= 4 is 27.1 Å². The molecule has 1 fully saturated rings. The number of hydrazone groups is 1. The molecule has 1 N–H and O–H groups in total. The van der Waals surface area contributed by atoms with Crippen LogP contribution in [0.5, 0.6) is 0 Å². The van der Waals surface area contributed by atoms with Crippen LogP contribution in [0.2, 0.25) is 0 Å². The van der Waals surface area contributed by atoms with Gasteiger partial charge in [0.1, 0.15) is 0 Å². The second-order valence-corrected chi connectivity index (χ2v) is 7.31. The average molecular weight is 325 g/mol. The van der Waals surface area contributed by atoms with E-state index in [1.165, 1.54) is 24.3 Å². The van der Waals surface area contributed by atoms with Gasteiger partial charge in [-0.1, -0.05) is 0 Å². The van der Waals surface area contributed by atoms with Gasteiger partial charge in [-0.25, -0.2) is 13.8 Å². The topological polar surface area (TPSA) is 119 Å². The molecule has 9 heteroatoms. The molecule has 0 unspecified atom stereocenters. The summed E-state index contributed by atoms with van der Waals surface area (Å²) in [6, 6.07) is 5.76. The molecule has 1 heterocycles. The fraction of sp³-hybridized carbons (Fsp3) is 0.385. The zero-order valence-corrected chi connectivity index (χ0v) is 12.7. The molecule has 1 atom stereocenters. The fourth-order valence-corrected chi connectivity index (χ4v) is 3.86. The van der Waals surface area contributed by atoms with Crippen LogP contribution in [0.4, 0.5) is 5.69 Å². The number of nitrogens with one attached hydrogen (secondary N) is 1. The zero-order chi connectivity index (χ0) is 16.3. The van der Waals surface area contributed by atoms with Crippen molar-refractivity contribution in [2.75, 3.05) is 11.5 Å². The summed E-state index contributed by atoms with van der Waals surface area (Å²) in [4.78, 5) is 21.9. The molecule has 0 bridgehead atoms. The van der Waals surface area contributed by atoms with Crippen LogP contribution in [-0.4, -0.2) is 36.5 Å². The minimum Gasteiger partial charge on any atom is -0.273 e. The van der Waals surface area contributed by atoms with E-state index >= 15 is 0 Å². The zero-order valence-electron chi connectivity index (χ0n) is 11.9. The Balaban J connectivity index is 2.00. The first-order valence-electron chi connectivity index (χ1n) is 6.58. The van der Waals surface area contributed by atoms with Crippen molar-refractivity contribution in [2.45, 2.75) is 13.3 Å². The maximum atomic E-state index is 11.8. The molecule has 1 aliphatic rings. The van der Waals surface area contributed by atoms with E-state index in [1.54, 1.807) is 6.92 Å². The van der Waals surface area contributed by atoms with Gasteiger partial charge in [0.05, 0.1) is 28.1 Å². The number of carbonyl (C=O) groups is 1. The Bertz CT molecular complexity index is 725. The van der Waals surface area contributed by atoms with Crippen LogP contribution >= 0.6 is 0 Å². The fourth-order valence-electron chi connectivity index (χ4n) is 2.12. The van der Waals surface area contributed by atoms with Crippen LogP contribution in [0.25, 0.3) is 0 Å². The summed E-state index contributed by atoms with van der Waals surface area (Å²) in [5.41, 5.74) is 3.42. The molecule has 1 aliphatic heterocycles. The van der Waals surface area contributed by atoms with Crippen LogP contribution in [0, 0.1) is 16.0 Å². The lowest BCUT2D eigenvalue weighted by molar-refractivity contribution is -0.384. The number of sulfone groups is 1. The van der Waals surface area contributed by atoms with Crippen molar-refractivity contribution in [1.82, 2.24) is 5.43 Å². The first-order valence-corrected chi connectivity index (χ1v) is 8.40. The molecule has 1 saturated heterocycles. The first-order chi connectivity index (χ1) is 10.3. The van der Waals surface area contributed by atoms with E-state index in [9.17, 15) is 23.3 Å². The summed E-state index contributed by atoms with van der Waals surface area (Å²) in [6.45, 7) is 1.65. The minimum absolute atomic E-state index is 0.0239. The molecule has 1 aromatic carbocycles. The Morgan fingerprint density at radius 3 is 2.50 bits per heavy atom. The number of hydrogen-bond donors (Lipinski definition) is 1. The minimum atomic E-state index is -3.12. The van der Waals surface area contributed by atoms with Gasteiger partial charge in [0.15, 0.2) is 9.84 Å². The number of rotatable bonds is 4. The van der Waals surface area contributed by atoms with Crippen molar-refractivity contribution < 1.29 is 18.1 Å². The van der Waals surface area contributed by atoms with Gasteiger partial charge >= 0.3 is 0 Å².